The molecule has 1 aromatic heterocycles. The highest BCUT2D eigenvalue weighted by Gasteiger charge is 2.16. The molecule has 0 aliphatic heterocycles. The van der Waals surface area contributed by atoms with Crippen LogP contribution in [0.15, 0.2) is 42.5 Å². The SMILES string of the molecule is CCOC(=O)c1ccc2nc(NC(=O)c3ccc(C(C)(C)C)cc3)sc2c1. The molecule has 2 aromatic carbocycles. The first kappa shape index (κ1) is 19.0. The molecule has 0 saturated heterocycles. The van der Waals surface area contributed by atoms with E-state index >= 15 is 0 Å². The average Bonchev–Trinajstić information content (AvgIpc) is 3.02. The van der Waals surface area contributed by atoms with Gasteiger partial charge in [0.1, 0.15) is 0 Å². The molecule has 0 bridgehead atoms. The van der Waals surface area contributed by atoms with Crippen LogP contribution in [0.5, 0.6) is 0 Å². The second-order valence-electron chi connectivity index (χ2n) is 7.20. The van der Waals surface area contributed by atoms with Crippen molar-refractivity contribution in [1.29, 1.82) is 0 Å². The number of amides is 1. The van der Waals surface area contributed by atoms with Gasteiger partial charge >= 0.3 is 5.97 Å². The molecule has 6 heteroatoms. The zero-order valence-corrected chi connectivity index (χ0v) is 16.6. The van der Waals surface area contributed by atoms with Gasteiger partial charge in [-0.2, -0.15) is 0 Å². The van der Waals surface area contributed by atoms with Crippen molar-refractivity contribution in [1.82, 2.24) is 4.98 Å². The van der Waals surface area contributed by atoms with Crippen LogP contribution in [-0.2, 0) is 10.2 Å². The Morgan fingerprint density at radius 2 is 1.74 bits per heavy atom. The van der Waals surface area contributed by atoms with Crippen LogP contribution in [0.25, 0.3) is 10.2 Å². The smallest absolute Gasteiger partial charge is 0.338 e. The van der Waals surface area contributed by atoms with Gasteiger partial charge < -0.3 is 4.74 Å². The standard InChI is InChI=1S/C21H22N2O3S/c1-5-26-19(25)14-8-11-16-17(12-14)27-20(22-16)23-18(24)13-6-9-15(10-7-13)21(2,3)4/h6-12H,5H2,1-4H3,(H,22,23,24). The van der Waals surface area contributed by atoms with Crippen molar-refractivity contribution in [3.05, 3.63) is 59.2 Å². The maximum Gasteiger partial charge on any atom is 0.338 e. The van der Waals surface area contributed by atoms with E-state index in [2.05, 4.69) is 31.1 Å². The number of fused-ring (bicyclic) bond motifs is 1. The lowest BCUT2D eigenvalue weighted by Gasteiger charge is -2.18. The summed E-state index contributed by atoms with van der Waals surface area (Å²) in [5.74, 6) is -0.572. The number of anilines is 1. The predicted molar refractivity (Wildman–Crippen MR) is 109 cm³/mol. The maximum atomic E-state index is 12.5. The summed E-state index contributed by atoms with van der Waals surface area (Å²) in [7, 11) is 0. The lowest BCUT2D eigenvalue weighted by atomic mass is 9.87. The Bertz CT molecular complexity index is 985. The molecule has 0 unspecified atom stereocenters. The number of aromatic nitrogens is 1. The van der Waals surface area contributed by atoms with E-state index in [0.717, 1.165) is 10.2 Å². The van der Waals surface area contributed by atoms with E-state index in [0.29, 0.717) is 22.9 Å². The Balaban J connectivity index is 1.77. The molecule has 0 saturated carbocycles. The van der Waals surface area contributed by atoms with Gasteiger partial charge in [0, 0.05) is 5.56 Å². The molecule has 1 amide bonds. The number of rotatable bonds is 4. The van der Waals surface area contributed by atoms with E-state index in [1.165, 1.54) is 16.9 Å². The van der Waals surface area contributed by atoms with Gasteiger partial charge in [-0.1, -0.05) is 44.2 Å². The molecular formula is C21H22N2O3S. The highest BCUT2D eigenvalue weighted by atomic mass is 32.1. The quantitative estimate of drug-likeness (QED) is 0.643. The van der Waals surface area contributed by atoms with E-state index in [4.69, 9.17) is 4.74 Å². The topological polar surface area (TPSA) is 68.3 Å². The second-order valence-corrected chi connectivity index (χ2v) is 8.23. The van der Waals surface area contributed by atoms with Crippen LogP contribution in [0, 0.1) is 0 Å². The average molecular weight is 382 g/mol. The summed E-state index contributed by atoms with van der Waals surface area (Å²) in [6.07, 6.45) is 0. The van der Waals surface area contributed by atoms with Crippen LogP contribution in [0.3, 0.4) is 0 Å². The third-order valence-electron chi connectivity index (χ3n) is 4.13. The van der Waals surface area contributed by atoms with Gasteiger partial charge in [0.15, 0.2) is 5.13 Å². The van der Waals surface area contributed by atoms with Crippen molar-refractivity contribution >= 4 is 38.6 Å². The third-order valence-corrected chi connectivity index (χ3v) is 5.07. The molecular weight excluding hydrogens is 360 g/mol. The molecule has 5 nitrogen and oxygen atoms in total. The number of carbonyl (C=O) groups is 2. The monoisotopic (exact) mass is 382 g/mol. The van der Waals surface area contributed by atoms with Gasteiger partial charge in [-0.3, -0.25) is 10.1 Å². The molecule has 0 aliphatic rings. The molecule has 1 N–H and O–H groups in total. The summed E-state index contributed by atoms with van der Waals surface area (Å²) in [5, 5.41) is 3.33. The molecule has 1 heterocycles. The zero-order valence-electron chi connectivity index (χ0n) is 15.8. The number of hydrogen-bond acceptors (Lipinski definition) is 5. The summed E-state index contributed by atoms with van der Waals surface area (Å²) in [6.45, 7) is 8.49. The minimum Gasteiger partial charge on any atom is -0.462 e. The van der Waals surface area contributed by atoms with E-state index < -0.39 is 0 Å². The number of hydrogen-bond donors (Lipinski definition) is 1. The fraction of sp³-hybridized carbons (Fsp3) is 0.286. The molecule has 0 fully saturated rings. The van der Waals surface area contributed by atoms with Crippen LogP contribution >= 0.6 is 11.3 Å². The summed E-state index contributed by atoms with van der Waals surface area (Å²) in [4.78, 5) is 28.8. The summed E-state index contributed by atoms with van der Waals surface area (Å²) < 4.78 is 5.83. The molecule has 140 valence electrons. The van der Waals surface area contributed by atoms with Crippen LogP contribution < -0.4 is 5.32 Å². The first-order valence-electron chi connectivity index (χ1n) is 8.77. The number of carbonyl (C=O) groups excluding carboxylic acids is 2. The van der Waals surface area contributed by atoms with Gasteiger partial charge in [-0.25, -0.2) is 9.78 Å². The van der Waals surface area contributed by atoms with Crippen molar-refractivity contribution in [2.24, 2.45) is 0 Å². The van der Waals surface area contributed by atoms with E-state index in [1.54, 1.807) is 25.1 Å². The number of nitrogens with one attached hydrogen (secondary N) is 1. The Kier molecular flexibility index (Phi) is 5.28. The Labute approximate surface area is 162 Å². The fourth-order valence-corrected chi connectivity index (χ4v) is 3.51. The van der Waals surface area contributed by atoms with Crippen LogP contribution in [0.1, 0.15) is 54.0 Å². The van der Waals surface area contributed by atoms with Crippen LogP contribution in [0.2, 0.25) is 0 Å². The van der Waals surface area contributed by atoms with E-state index in [1.807, 2.05) is 24.3 Å². The Hall–Kier alpha value is -2.73. The normalized spacial score (nSPS) is 11.4. The lowest BCUT2D eigenvalue weighted by Crippen LogP contribution is -2.14. The first-order chi connectivity index (χ1) is 12.8. The minimum atomic E-state index is -0.364. The minimum absolute atomic E-state index is 0.0403. The second kappa shape index (κ2) is 7.48. The largest absolute Gasteiger partial charge is 0.462 e. The molecule has 0 spiro atoms. The van der Waals surface area contributed by atoms with Gasteiger partial charge in [0.05, 0.1) is 22.4 Å². The van der Waals surface area contributed by atoms with Crippen molar-refractivity contribution < 1.29 is 14.3 Å². The zero-order chi connectivity index (χ0) is 19.6. The number of ether oxygens (including phenoxy) is 1. The number of thiazole rings is 1. The molecule has 3 rings (SSSR count). The fourth-order valence-electron chi connectivity index (χ4n) is 2.61. The number of benzene rings is 2. The summed E-state index contributed by atoms with van der Waals surface area (Å²) >= 11 is 1.33. The Morgan fingerprint density at radius 3 is 2.37 bits per heavy atom. The van der Waals surface area contributed by atoms with Crippen molar-refractivity contribution in [2.75, 3.05) is 11.9 Å². The third kappa shape index (κ3) is 4.34. The summed E-state index contributed by atoms with van der Waals surface area (Å²) in [5.41, 5.74) is 2.99. The van der Waals surface area contributed by atoms with Crippen molar-refractivity contribution in [2.45, 2.75) is 33.1 Å². The predicted octanol–water partition coefficient (Wildman–Crippen LogP) is 5.02. The maximum absolute atomic E-state index is 12.5. The Morgan fingerprint density at radius 1 is 1.07 bits per heavy atom. The first-order valence-corrected chi connectivity index (χ1v) is 9.59. The number of nitrogens with zero attached hydrogens (tertiary/aromatic N) is 1. The van der Waals surface area contributed by atoms with Crippen molar-refractivity contribution in [3.8, 4) is 0 Å². The molecule has 0 aliphatic carbocycles. The molecule has 0 atom stereocenters. The highest BCUT2D eigenvalue weighted by molar-refractivity contribution is 7.22. The molecule has 27 heavy (non-hydrogen) atoms. The molecule has 3 aromatic rings. The van der Waals surface area contributed by atoms with Crippen LogP contribution in [0.4, 0.5) is 5.13 Å². The molecule has 0 radical (unpaired) electrons. The number of esters is 1. The van der Waals surface area contributed by atoms with Crippen LogP contribution in [-0.4, -0.2) is 23.5 Å². The van der Waals surface area contributed by atoms with E-state index in [9.17, 15) is 9.59 Å². The van der Waals surface area contributed by atoms with Gasteiger partial charge in [0.25, 0.3) is 5.91 Å². The van der Waals surface area contributed by atoms with E-state index in [-0.39, 0.29) is 17.3 Å². The summed E-state index contributed by atoms with van der Waals surface area (Å²) in [6, 6.07) is 12.8. The van der Waals surface area contributed by atoms with Crippen molar-refractivity contribution in [3.63, 3.8) is 0 Å². The van der Waals surface area contributed by atoms with Gasteiger partial charge in [-0.15, -0.1) is 0 Å². The lowest BCUT2D eigenvalue weighted by molar-refractivity contribution is 0.0526. The highest BCUT2D eigenvalue weighted by Crippen LogP contribution is 2.28. The van der Waals surface area contributed by atoms with Gasteiger partial charge in [0.2, 0.25) is 0 Å². The van der Waals surface area contributed by atoms with Gasteiger partial charge in [-0.05, 0) is 48.2 Å².